The molecule has 0 unspecified atom stereocenters. The fraction of sp³-hybridized carbons (Fsp3) is 0.524. The van der Waals surface area contributed by atoms with Gasteiger partial charge in [-0.05, 0) is 57.2 Å². The van der Waals surface area contributed by atoms with Gasteiger partial charge in [0, 0.05) is 38.4 Å². The molecule has 0 aromatic carbocycles. The van der Waals surface area contributed by atoms with Crippen molar-refractivity contribution < 1.29 is 9.53 Å². The Hall–Kier alpha value is -2.70. The van der Waals surface area contributed by atoms with Crippen molar-refractivity contribution in [2.45, 2.75) is 45.6 Å². The summed E-state index contributed by atoms with van der Waals surface area (Å²) in [5.41, 5.74) is 3.09. The molecular weight excluding hydrogens is 354 g/mol. The second-order valence-corrected chi connectivity index (χ2v) is 7.71. The van der Waals surface area contributed by atoms with Crippen LogP contribution in [0.25, 0.3) is 0 Å². The highest BCUT2D eigenvalue weighted by molar-refractivity contribution is 5.94. The van der Waals surface area contributed by atoms with E-state index < -0.39 is 0 Å². The van der Waals surface area contributed by atoms with Gasteiger partial charge in [-0.25, -0.2) is 4.98 Å². The van der Waals surface area contributed by atoms with E-state index in [1.165, 1.54) is 18.4 Å². The molecule has 0 saturated carbocycles. The van der Waals surface area contributed by atoms with Crippen molar-refractivity contribution >= 4 is 11.7 Å². The van der Waals surface area contributed by atoms with Crippen LogP contribution in [-0.4, -0.2) is 58.3 Å². The molecule has 7 heteroatoms. The van der Waals surface area contributed by atoms with Crippen LogP contribution in [0.15, 0.2) is 24.4 Å². The third-order valence-corrected chi connectivity index (χ3v) is 5.29. The van der Waals surface area contributed by atoms with E-state index in [0.717, 1.165) is 37.4 Å². The highest BCUT2D eigenvalue weighted by atomic mass is 16.5. The van der Waals surface area contributed by atoms with Crippen molar-refractivity contribution in [2.24, 2.45) is 0 Å². The van der Waals surface area contributed by atoms with Gasteiger partial charge in [0.05, 0.1) is 17.4 Å². The molecule has 2 aromatic rings. The first kappa shape index (κ1) is 18.7. The standard InChI is InChI=1S/C21H27N5O2/c1-15(2)28-20-8-7-17(14-22-20)21(27)26-11-9-25(10-12-26)19-13-16-5-3-4-6-18(16)23-24-19/h7-8,13-15H,3-6,9-12H2,1-2H3. The van der Waals surface area contributed by atoms with Gasteiger partial charge in [0.2, 0.25) is 5.88 Å². The second kappa shape index (κ2) is 8.12. The van der Waals surface area contributed by atoms with E-state index in [-0.39, 0.29) is 12.0 Å². The van der Waals surface area contributed by atoms with Crippen molar-refractivity contribution in [2.75, 3.05) is 31.1 Å². The summed E-state index contributed by atoms with van der Waals surface area (Å²) in [5.74, 6) is 1.49. The van der Waals surface area contributed by atoms with E-state index in [1.807, 2.05) is 18.7 Å². The molecule has 2 aliphatic rings. The molecule has 1 aliphatic heterocycles. The maximum Gasteiger partial charge on any atom is 0.255 e. The van der Waals surface area contributed by atoms with Gasteiger partial charge in [-0.2, -0.15) is 5.10 Å². The summed E-state index contributed by atoms with van der Waals surface area (Å²) in [6, 6.07) is 5.73. The van der Waals surface area contributed by atoms with Crippen LogP contribution in [0.2, 0.25) is 0 Å². The highest BCUT2D eigenvalue weighted by Gasteiger charge is 2.24. The zero-order valence-corrected chi connectivity index (χ0v) is 16.6. The third kappa shape index (κ3) is 4.08. The van der Waals surface area contributed by atoms with E-state index in [2.05, 4.69) is 26.1 Å². The largest absolute Gasteiger partial charge is 0.475 e. The van der Waals surface area contributed by atoms with E-state index in [9.17, 15) is 4.79 Å². The molecule has 148 valence electrons. The normalized spacial score (nSPS) is 16.8. The van der Waals surface area contributed by atoms with Crippen LogP contribution in [0.1, 0.15) is 48.3 Å². The predicted molar refractivity (Wildman–Crippen MR) is 107 cm³/mol. The summed E-state index contributed by atoms with van der Waals surface area (Å²) in [7, 11) is 0. The van der Waals surface area contributed by atoms with E-state index in [1.54, 1.807) is 18.3 Å². The molecule has 1 fully saturated rings. The molecule has 0 radical (unpaired) electrons. The Morgan fingerprint density at radius 2 is 1.86 bits per heavy atom. The molecule has 1 saturated heterocycles. The maximum absolute atomic E-state index is 12.8. The first-order valence-corrected chi connectivity index (χ1v) is 10.1. The third-order valence-electron chi connectivity index (χ3n) is 5.29. The predicted octanol–water partition coefficient (Wildman–Crippen LogP) is 2.50. The number of piperazine rings is 1. The number of rotatable bonds is 4. The van der Waals surface area contributed by atoms with Crippen molar-refractivity contribution in [3.63, 3.8) is 0 Å². The number of aromatic nitrogens is 3. The van der Waals surface area contributed by atoms with Gasteiger partial charge in [0.1, 0.15) is 0 Å². The van der Waals surface area contributed by atoms with Crippen molar-refractivity contribution in [3.8, 4) is 5.88 Å². The molecule has 4 rings (SSSR count). The lowest BCUT2D eigenvalue weighted by molar-refractivity contribution is 0.0746. The van der Waals surface area contributed by atoms with Gasteiger partial charge in [0.15, 0.2) is 5.82 Å². The highest BCUT2D eigenvalue weighted by Crippen LogP contribution is 2.23. The lowest BCUT2D eigenvalue weighted by atomic mass is 9.97. The molecule has 0 spiro atoms. The number of aryl methyl sites for hydroxylation is 2. The molecule has 7 nitrogen and oxygen atoms in total. The molecule has 0 atom stereocenters. The fourth-order valence-corrected chi connectivity index (χ4v) is 3.77. The molecule has 1 amide bonds. The Morgan fingerprint density at radius 1 is 1.07 bits per heavy atom. The first-order chi connectivity index (χ1) is 13.6. The maximum atomic E-state index is 12.8. The van der Waals surface area contributed by atoms with Crippen LogP contribution >= 0.6 is 0 Å². The summed E-state index contributed by atoms with van der Waals surface area (Å²) in [5, 5.41) is 8.86. The Kier molecular flexibility index (Phi) is 5.41. The van der Waals surface area contributed by atoms with Gasteiger partial charge < -0.3 is 14.5 Å². The molecule has 1 aliphatic carbocycles. The molecule has 2 aromatic heterocycles. The number of carbonyl (C=O) groups excluding carboxylic acids is 1. The second-order valence-electron chi connectivity index (χ2n) is 7.71. The molecule has 3 heterocycles. The number of amides is 1. The summed E-state index contributed by atoms with van der Waals surface area (Å²) in [6.07, 6.45) is 6.24. The van der Waals surface area contributed by atoms with Crippen LogP contribution in [-0.2, 0) is 12.8 Å². The number of hydrogen-bond acceptors (Lipinski definition) is 6. The fourth-order valence-electron chi connectivity index (χ4n) is 3.77. The number of carbonyl (C=O) groups is 1. The van der Waals surface area contributed by atoms with Crippen LogP contribution in [0.4, 0.5) is 5.82 Å². The SMILES string of the molecule is CC(C)Oc1ccc(C(=O)N2CCN(c3cc4c(nn3)CCCC4)CC2)cn1. The van der Waals surface area contributed by atoms with Crippen molar-refractivity contribution in [3.05, 3.63) is 41.2 Å². The van der Waals surface area contributed by atoms with Gasteiger partial charge in [0.25, 0.3) is 5.91 Å². The van der Waals surface area contributed by atoms with E-state index in [0.29, 0.717) is 24.5 Å². The average molecular weight is 381 g/mol. The summed E-state index contributed by atoms with van der Waals surface area (Å²) < 4.78 is 5.54. The first-order valence-electron chi connectivity index (χ1n) is 10.1. The van der Waals surface area contributed by atoms with Crippen LogP contribution in [0, 0.1) is 0 Å². The van der Waals surface area contributed by atoms with Crippen LogP contribution < -0.4 is 9.64 Å². The van der Waals surface area contributed by atoms with E-state index >= 15 is 0 Å². The number of ether oxygens (including phenoxy) is 1. The Morgan fingerprint density at radius 3 is 2.57 bits per heavy atom. The minimum absolute atomic E-state index is 0.0137. The number of nitrogens with zero attached hydrogens (tertiary/aromatic N) is 5. The lowest BCUT2D eigenvalue weighted by Crippen LogP contribution is -2.49. The number of anilines is 1. The number of pyridine rings is 1. The molecule has 0 N–H and O–H groups in total. The van der Waals surface area contributed by atoms with Gasteiger partial charge in [-0.3, -0.25) is 4.79 Å². The minimum atomic E-state index is 0.0137. The summed E-state index contributed by atoms with van der Waals surface area (Å²) >= 11 is 0. The monoisotopic (exact) mass is 381 g/mol. The molecule has 0 bridgehead atoms. The Bertz CT molecular complexity index is 829. The summed E-state index contributed by atoms with van der Waals surface area (Å²) in [4.78, 5) is 21.1. The number of hydrogen-bond donors (Lipinski definition) is 0. The van der Waals surface area contributed by atoms with Gasteiger partial charge in [-0.15, -0.1) is 5.10 Å². The van der Waals surface area contributed by atoms with Crippen LogP contribution in [0.5, 0.6) is 5.88 Å². The smallest absolute Gasteiger partial charge is 0.255 e. The Labute approximate surface area is 165 Å². The topological polar surface area (TPSA) is 71.5 Å². The zero-order chi connectivity index (χ0) is 19.5. The van der Waals surface area contributed by atoms with Gasteiger partial charge in [-0.1, -0.05) is 0 Å². The van der Waals surface area contributed by atoms with E-state index in [4.69, 9.17) is 4.74 Å². The van der Waals surface area contributed by atoms with Crippen molar-refractivity contribution in [1.82, 2.24) is 20.1 Å². The lowest BCUT2D eigenvalue weighted by Gasteiger charge is -2.35. The minimum Gasteiger partial charge on any atom is -0.475 e. The molecule has 28 heavy (non-hydrogen) atoms. The number of fused-ring (bicyclic) bond motifs is 1. The molecular formula is C21H27N5O2. The quantitative estimate of drug-likeness (QED) is 0.810. The Balaban J connectivity index is 1.36. The zero-order valence-electron chi connectivity index (χ0n) is 16.6. The van der Waals surface area contributed by atoms with Crippen LogP contribution in [0.3, 0.4) is 0 Å². The van der Waals surface area contributed by atoms with Gasteiger partial charge >= 0.3 is 0 Å². The summed E-state index contributed by atoms with van der Waals surface area (Å²) in [6.45, 7) is 6.77. The van der Waals surface area contributed by atoms with Crippen molar-refractivity contribution in [1.29, 1.82) is 0 Å². The average Bonchev–Trinajstić information content (AvgIpc) is 2.73.